The van der Waals surface area contributed by atoms with Crippen molar-refractivity contribution in [1.82, 2.24) is 14.5 Å². The molecule has 9 rings (SSSR count). The fourth-order valence-electron chi connectivity index (χ4n) is 6.54. The van der Waals surface area contributed by atoms with Gasteiger partial charge in [0, 0.05) is 28.7 Å². The van der Waals surface area contributed by atoms with Crippen LogP contribution < -0.4 is 0 Å². The Bertz CT molecular complexity index is 2490. The molecule has 0 N–H and O–H groups in total. The molecule has 3 heteroatoms. The molecule has 0 saturated carbocycles. The first-order valence-electron chi connectivity index (χ1n) is 13.9. The maximum Gasteiger partial charge on any atom is 0.113 e. The minimum atomic E-state index is 0.888. The highest BCUT2D eigenvalue weighted by Gasteiger charge is 2.18. The summed E-state index contributed by atoms with van der Waals surface area (Å²) in [5.74, 6) is 0. The summed E-state index contributed by atoms with van der Waals surface area (Å²) in [7, 11) is 0. The summed E-state index contributed by atoms with van der Waals surface area (Å²) in [6.07, 6.45) is 3.60. The third kappa shape index (κ3) is 3.26. The number of aromatic nitrogens is 3. The lowest BCUT2D eigenvalue weighted by Gasteiger charge is -2.14. The molecule has 0 spiro atoms. The van der Waals surface area contributed by atoms with Crippen molar-refractivity contribution in [3.05, 3.63) is 140 Å². The predicted octanol–water partition coefficient (Wildman–Crippen LogP) is 9.85. The number of fused-ring (bicyclic) bond motifs is 8. The smallest absolute Gasteiger partial charge is 0.113 e. The summed E-state index contributed by atoms with van der Waals surface area (Å²) in [6.45, 7) is 0. The molecule has 7 aromatic carbocycles. The van der Waals surface area contributed by atoms with E-state index in [-0.39, 0.29) is 0 Å². The van der Waals surface area contributed by atoms with Crippen molar-refractivity contribution in [2.75, 3.05) is 0 Å². The molecular weight excluding hydrogens is 498 g/mol. The molecular formula is C38H23N3. The first-order chi connectivity index (χ1) is 20.3. The Morgan fingerprint density at radius 2 is 1.07 bits per heavy atom. The minimum absolute atomic E-state index is 0.888. The molecule has 0 unspecified atom stereocenters. The number of rotatable bonds is 2. The lowest BCUT2D eigenvalue weighted by Crippen LogP contribution is -1.99. The summed E-state index contributed by atoms with van der Waals surface area (Å²) in [6, 6.07) is 45.9. The summed E-state index contributed by atoms with van der Waals surface area (Å²) < 4.78 is 2.35. The molecule has 0 aliphatic heterocycles. The molecule has 190 valence electrons. The Balaban J connectivity index is 1.34. The van der Waals surface area contributed by atoms with Gasteiger partial charge in [0.25, 0.3) is 0 Å². The Kier molecular flexibility index (Phi) is 4.61. The number of nitrogens with zero attached hydrogens (tertiary/aromatic N) is 3. The topological polar surface area (TPSA) is 30.7 Å². The fourth-order valence-corrected chi connectivity index (χ4v) is 6.54. The van der Waals surface area contributed by atoms with E-state index in [1.165, 1.54) is 48.6 Å². The van der Waals surface area contributed by atoms with Crippen LogP contribution in [0.4, 0.5) is 0 Å². The van der Waals surface area contributed by atoms with E-state index >= 15 is 0 Å². The molecule has 2 aromatic heterocycles. The van der Waals surface area contributed by atoms with Crippen LogP contribution in [-0.4, -0.2) is 14.5 Å². The molecule has 0 bridgehead atoms. The molecule has 0 radical (unpaired) electrons. The number of benzene rings is 7. The van der Waals surface area contributed by atoms with Gasteiger partial charge in [0.1, 0.15) is 5.52 Å². The van der Waals surface area contributed by atoms with Crippen molar-refractivity contribution in [3.8, 4) is 16.8 Å². The first kappa shape index (κ1) is 22.3. The molecule has 0 amide bonds. The molecule has 2 heterocycles. The van der Waals surface area contributed by atoms with Crippen molar-refractivity contribution in [2.45, 2.75) is 0 Å². The van der Waals surface area contributed by atoms with E-state index in [1.54, 1.807) is 12.4 Å². The molecule has 0 saturated heterocycles. The van der Waals surface area contributed by atoms with Gasteiger partial charge in [-0.25, -0.2) is 0 Å². The van der Waals surface area contributed by atoms with Crippen LogP contribution in [-0.2, 0) is 0 Å². The monoisotopic (exact) mass is 521 g/mol. The third-order valence-corrected chi connectivity index (χ3v) is 8.44. The average molecular weight is 522 g/mol. The van der Waals surface area contributed by atoms with Crippen LogP contribution in [0.5, 0.6) is 0 Å². The van der Waals surface area contributed by atoms with Crippen LogP contribution in [0.25, 0.3) is 82.0 Å². The van der Waals surface area contributed by atoms with Crippen LogP contribution in [0, 0.1) is 0 Å². The molecule has 9 aromatic rings. The summed E-state index contributed by atoms with van der Waals surface area (Å²) in [5.41, 5.74) is 7.37. The van der Waals surface area contributed by atoms with Gasteiger partial charge in [0.15, 0.2) is 0 Å². The van der Waals surface area contributed by atoms with Crippen LogP contribution in [0.1, 0.15) is 0 Å². The highest BCUT2D eigenvalue weighted by atomic mass is 15.0. The highest BCUT2D eigenvalue weighted by molar-refractivity contribution is 6.15. The van der Waals surface area contributed by atoms with Crippen molar-refractivity contribution in [3.63, 3.8) is 0 Å². The maximum atomic E-state index is 4.93. The van der Waals surface area contributed by atoms with Crippen molar-refractivity contribution in [1.29, 1.82) is 0 Å². The standard InChI is InChI=1S/C38H23N3/c1-2-9-27-23-36-33(21-26(27)8-1)31-11-5-6-12-34(31)41(36)35-18-17-30(37-38(35)40-20-19-39-37)28-16-15-25-14-13-24-7-3-4-10-29(24)32(25)22-28/h1-23H. The zero-order valence-electron chi connectivity index (χ0n) is 22.1. The van der Waals surface area contributed by atoms with Gasteiger partial charge >= 0.3 is 0 Å². The third-order valence-electron chi connectivity index (χ3n) is 8.44. The van der Waals surface area contributed by atoms with E-state index in [0.29, 0.717) is 0 Å². The van der Waals surface area contributed by atoms with Crippen LogP contribution >= 0.6 is 0 Å². The van der Waals surface area contributed by atoms with Crippen LogP contribution in [0.2, 0.25) is 0 Å². The normalized spacial score (nSPS) is 11.9. The summed E-state index contributed by atoms with van der Waals surface area (Å²) in [4.78, 5) is 9.83. The van der Waals surface area contributed by atoms with Gasteiger partial charge in [-0.05, 0) is 74.3 Å². The van der Waals surface area contributed by atoms with E-state index in [9.17, 15) is 0 Å². The SMILES string of the molecule is c1ccc2cc3c(cc2c1)c1ccccc1n3-c1ccc(-c2ccc3ccc4ccccc4c3c2)c2nccnc12. The van der Waals surface area contributed by atoms with Crippen molar-refractivity contribution < 1.29 is 0 Å². The lowest BCUT2D eigenvalue weighted by atomic mass is 9.96. The summed E-state index contributed by atoms with van der Waals surface area (Å²) in [5, 5.41) is 9.92. The second-order valence-electron chi connectivity index (χ2n) is 10.7. The second-order valence-corrected chi connectivity index (χ2v) is 10.7. The van der Waals surface area contributed by atoms with Gasteiger partial charge in [0.05, 0.1) is 22.2 Å². The van der Waals surface area contributed by atoms with Gasteiger partial charge in [-0.2, -0.15) is 0 Å². The molecule has 0 aliphatic rings. The number of hydrogen-bond donors (Lipinski definition) is 0. The van der Waals surface area contributed by atoms with E-state index in [4.69, 9.17) is 9.97 Å². The van der Waals surface area contributed by atoms with Gasteiger partial charge < -0.3 is 4.57 Å². The number of hydrogen-bond acceptors (Lipinski definition) is 2. The van der Waals surface area contributed by atoms with E-state index in [1.807, 2.05) is 0 Å². The Morgan fingerprint density at radius 3 is 1.93 bits per heavy atom. The lowest BCUT2D eigenvalue weighted by molar-refractivity contribution is 1.17. The number of para-hydroxylation sites is 1. The molecule has 0 atom stereocenters. The minimum Gasteiger partial charge on any atom is -0.307 e. The van der Waals surface area contributed by atoms with Crippen molar-refractivity contribution in [2.24, 2.45) is 0 Å². The van der Waals surface area contributed by atoms with Gasteiger partial charge in [-0.3, -0.25) is 9.97 Å². The fraction of sp³-hybridized carbons (Fsp3) is 0. The van der Waals surface area contributed by atoms with E-state index < -0.39 is 0 Å². The predicted molar refractivity (Wildman–Crippen MR) is 172 cm³/mol. The molecule has 41 heavy (non-hydrogen) atoms. The van der Waals surface area contributed by atoms with Gasteiger partial charge in [-0.15, -0.1) is 0 Å². The van der Waals surface area contributed by atoms with Crippen LogP contribution in [0.15, 0.2) is 140 Å². The zero-order chi connectivity index (χ0) is 26.9. The molecule has 0 aliphatic carbocycles. The van der Waals surface area contributed by atoms with Crippen LogP contribution in [0.3, 0.4) is 0 Å². The van der Waals surface area contributed by atoms with Gasteiger partial charge in [-0.1, -0.05) is 91.0 Å². The van der Waals surface area contributed by atoms with E-state index in [2.05, 4.69) is 132 Å². The second kappa shape index (κ2) is 8.48. The Morgan fingerprint density at radius 1 is 0.415 bits per heavy atom. The maximum absolute atomic E-state index is 4.93. The zero-order valence-corrected chi connectivity index (χ0v) is 22.1. The molecule has 0 fully saturated rings. The summed E-state index contributed by atoms with van der Waals surface area (Å²) >= 11 is 0. The quantitative estimate of drug-likeness (QED) is 0.212. The Labute approximate surface area is 235 Å². The Hall–Kier alpha value is -5.54. The van der Waals surface area contributed by atoms with E-state index in [0.717, 1.165) is 33.4 Å². The van der Waals surface area contributed by atoms with Crippen molar-refractivity contribution >= 4 is 65.2 Å². The highest BCUT2D eigenvalue weighted by Crippen LogP contribution is 2.39. The largest absolute Gasteiger partial charge is 0.307 e. The average Bonchev–Trinajstić information content (AvgIpc) is 3.36. The molecule has 3 nitrogen and oxygen atoms in total. The first-order valence-corrected chi connectivity index (χ1v) is 13.9. The van der Waals surface area contributed by atoms with Gasteiger partial charge in [0.2, 0.25) is 0 Å².